The van der Waals surface area contributed by atoms with Gasteiger partial charge in [-0.05, 0) is 12.8 Å². The van der Waals surface area contributed by atoms with E-state index in [0.717, 1.165) is 12.8 Å². The second kappa shape index (κ2) is 2.24. The molecule has 0 saturated heterocycles. The number of carbonyl (C=O) groups excluding carboxylic acids is 1. The first-order chi connectivity index (χ1) is 5.14. The van der Waals surface area contributed by atoms with Crippen molar-refractivity contribution >= 4 is 29.0 Å². The van der Waals surface area contributed by atoms with Crippen LogP contribution in [0, 0.1) is 11.8 Å². The Kier molecular flexibility index (Phi) is 1.55. The lowest BCUT2D eigenvalue weighted by Gasteiger charge is -2.45. The molecule has 0 amide bonds. The van der Waals surface area contributed by atoms with Crippen LogP contribution < -0.4 is 0 Å². The van der Waals surface area contributed by atoms with Crippen LogP contribution in [-0.4, -0.2) is 10.1 Å². The van der Waals surface area contributed by atoms with Crippen LogP contribution in [0.15, 0.2) is 12.2 Å². The number of hydrogen-bond donors (Lipinski definition) is 0. The molecule has 0 bridgehead atoms. The van der Waals surface area contributed by atoms with Gasteiger partial charge in [-0.15, -0.1) is 0 Å². The molecule has 0 aromatic heterocycles. The molecule has 0 aliphatic heterocycles. The minimum atomic E-state index is -1.11. The molecule has 11 heavy (non-hydrogen) atoms. The largest absolute Gasteiger partial charge is 0.296 e. The van der Waals surface area contributed by atoms with Crippen molar-refractivity contribution in [3.8, 4) is 0 Å². The minimum Gasteiger partial charge on any atom is -0.296 e. The topological polar surface area (TPSA) is 17.1 Å². The molecule has 1 fully saturated rings. The average Bonchev–Trinajstić information content (AvgIpc) is 2.04. The molecule has 1 nitrogen and oxygen atoms in total. The van der Waals surface area contributed by atoms with Crippen LogP contribution in [0.5, 0.6) is 0 Å². The number of ketones is 1. The summed E-state index contributed by atoms with van der Waals surface area (Å²) in [4.78, 5) is 11.2. The molecule has 0 heterocycles. The second-order valence-corrected chi connectivity index (χ2v) is 4.51. The third kappa shape index (κ3) is 0.875. The first kappa shape index (κ1) is 7.63. The molecule has 2 atom stereocenters. The average molecular weight is 191 g/mol. The maximum atomic E-state index is 11.2. The van der Waals surface area contributed by atoms with Crippen LogP contribution in [0.4, 0.5) is 0 Å². The second-order valence-electron chi connectivity index (χ2n) is 3.12. The van der Waals surface area contributed by atoms with E-state index in [1.165, 1.54) is 0 Å². The SMILES string of the molecule is O=C1[C@@H]2CCC=C[C@@H]2C1(Cl)Cl. The number of Topliss-reactive ketones (excluding diaryl/α,β-unsaturated/α-hetero) is 1. The van der Waals surface area contributed by atoms with Crippen molar-refractivity contribution in [3.63, 3.8) is 0 Å². The van der Waals surface area contributed by atoms with Crippen LogP contribution in [0.25, 0.3) is 0 Å². The molecule has 0 unspecified atom stereocenters. The normalized spacial score (nSPS) is 39.6. The van der Waals surface area contributed by atoms with Crippen LogP contribution in [0.2, 0.25) is 0 Å². The van der Waals surface area contributed by atoms with Gasteiger partial charge in [0.15, 0.2) is 10.1 Å². The van der Waals surface area contributed by atoms with Gasteiger partial charge in [0, 0.05) is 11.8 Å². The van der Waals surface area contributed by atoms with Crippen LogP contribution in [0.1, 0.15) is 12.8 Å². The Morgan fingerprint density at radius 3 is 2.91 bits per heavy atom. The van der Waals surface area contributed by atoms with Gasteiger partial charge in [0.05, 0.1) is 0 Å². The van der Waals surface area contributed by atoms with Crippen molar-refractivity contribution in [1.29, 1.82) is 0 Å². The number of fused-ring (bicyclic) bond motifs is 1. The molecular weight excluding hydrogens is 183 g/mol. The summed E-state index contributed by atoms with van der Waals surface area (Å²) in [5.74, 6) is 0.192. The van der Waals surface area contributed by atoms with E-state index in [4.69, 9.17) is 23.2 Å². The Morgan fingerprint density at radius 1 is 1.55 bits per heavy atom. The Bertz CT molecular complexity index is 232. The van der Waals surface area contributed by atoms with E-state index in [0.29, 0.717) is 0 Å². The summed E-state index contributed by atoms with van der Waals surface area (Å²) in [5.41, 5.74) is 0. The molecule has 0 radical (unpaired) electrons. The van der Waals surface area contributed by atoms with Crippen molar-refractivity contribution in [1.82, 2.24) is 0 Å². The van der Waals surface area contributed by atoms with Gasteiger partial charge in [0.1, 0.15) is 0 Å². The zero-order valence-electron chi connectivity index (χ0n) is 5.89. The molecule has 0 aromatic rings. The Hall–Kier alpha value is -0.0100. The zero-order chi connectivity index (χ0) is 8.06. The highest BCUT2D eigenvalue weighted by atomic mass is 35.5. The van der Waals surface area contributed by atoms with E-state index in [9.17, 15) is 4.79 Å². The predicted molar refractivity (Wildman–Crippen MR) is 44.8 cm³/mol. The Balaban J connectivity index is 2.27. The van der Waals surface area contributed by atoms with Gasteiger partial charge in [0.2, 0.25) is 0 Å². The Morgan fingerprint density at radius 2 is 2.27 bits per heavy atom. The molecule has 1 saturated carbocycles. The van der Waals surface area contributed by atoms with E-state index in [-0.39, 0.29) is 17.6 Å². The Labute approximate surface area is 75.4 Å². The van der Waals surface area contributed by atoms with Gasteiger partial charge in [-0.25, -0.2) is 0 Å². The maximum absolute atomic E-state index is 11.2. The number of carbonyl (C=O) groups is 1. The lowest BCUT2D eigenvalue weighted by Crippen LogP contribution is -2.56. The minimum absolute atomic E-state index is 0.00943. The third-order valence-electron chi connectivity index (χ3n) is 2.51. The molecule has 60 valence electrons. The van der Waals surface area contributed by atoms with Gasteiger partial charge < -0.3 is 0 Å². The summed E-state index contributed by atoms with van der Waals surface area (Å²) in [6.07, 6.45) is 5.92. The number of allylic oxidation sites excluding steroid dienone is 2. The van der Waals surface area contributed by atoms with Crippen LogP contribution in [0.3, 0.4) is 0 Å². The predicted octanol–water partition coefficient (Wildman–Crippen LogP) is 2.33. The number of halogens is 2. The molecule has 0 aromatic carbocycles. The summed E-state index contributed by atoms with van der Waals surface area (Å²) >= 11 is 11.6. The molecule has 2 rings (SSSR count). The van der Waals surface area contributed by atoms with E-state index < -0.39 is 4.33 Å². The highest BCUT2D eigenvalue weighted by Gasteiger charge is 2.59. The van der Waals surface area contributed by atoms with Gasteiger partial charge in [-0.1, -0.05) is 35.4 Å². The van der Waals surface area contributed by atoms with Crippen molar-refractivity contribution < 1.29 is 4.79 Å². The van der Waals surface area contributed by atoms with Crippen LogP contribution >= 0.6 is 23.2 Å². The molecule has 2 aliphatic rings. The standard InChI is InChI=1S/C8H8Cl2O/c9-8(10)6-4-2-1-3-5(6)7(8)11/h2,4-6H,1,3H2/t5-,6+/m1/s1. The smallest absolute Gasteiger partial charge is 0.183 e. The van der Waals surface area contributed by atoms with E-state index in [1.807, 2.05) is 12.2 Å². The van der Waals surface area contributed by atoms with Gasteiger partial charge in [-0.2, -0.15) is 0 Å². The maximum Gasteiger partial charge on any atom is 0.183 e. The summed E-state index contributed by atoms with van der Waals surface area (Å²) in [5, 5.41) is 0. The van der Waals surface area contributed by atoms with Crippen molar-refractivity contribution in [3.05, 3.63) is 12.2 Å². The van der Waals surface area contributed by atoms with E-state index in [2.05, 4.69) is 0 Å². The van der Waals surface area contributed by atoms with E-state index >= 15 is 0 Å². The van der Waals surface area contributed by atoms with E-state index in [1.54, 1.807) is 0 Å². The lowest BCUT2D eigenvalue weighted by atomic mass is 9.67. The lowest BCUT2D eigenvalue weighted by molar-refractivity contribution is -0.134. The number of rotatable bonds is 0. The molecule has 0 N–H and O–H groups in total. The third-order valence-corrected chi connectivity index (χ3v) is 3.38. The summed E-state index contributed by atoms with van der Waals surface area (Å²) in [7, 11) is 0. The fourth-order valence-electron chi connectivity index (χ4n) is 1.82. The quantitative estimate of drug-likeness (QED) is 0.424. The van der Waals surface area contributed by atoms with Gasteiger partial charge in [0.25, 0.3) is 0 Å². The van der Waals surface area contributed by atoms with Gasteiger partial charge in [-0.3, -0.25) is 4.79 Å². The molecule has 2 aliphatic carbocycles. The molecule has 3 heteroatoms. The number of hydrogen-bond acceptors (Lipinski definition) is 1. The summed E-state index contributed by atoms with van der Waals surface area (Å²) in [6, 6.07) is 0. The van der Waals surface area contributed by atoms with Crippen molar-refractivity contribution in [2.45, 2.75) is 17.2 Å². The molecular formula is C8H8Cl2O. The van der Waals surface area contributed by atoms with Crippen LogP contribution in [-0.2, 0) is 4.79 Å². The number of alkyl halides is 2. The molecule has 0 spiro atoms. The zero-order valence-corrected chi connectivity index (χ0v) is 7.40. The fourth-order valence-corrected chi connectivity index (χ4v) is 2.55. The monoisotopic (exact) mass is 190 g/mol. The van der Waals surface area contributed by atoms with Gasteiger partial charge >= 0.3 is 0 Å². The highest BCUT2D eigenvalue weighted by Crippen LogP contribution is 2.52. The van der Waals surface area contributed by atoms with Crippen molar-refractivity contribution in [2.75, 3.05) is 0 Å². The summed E-state index contributed by atoms with van der Waals surface area (Å²) < 4.78 is -1.11. The summed E-state index contributed by atoms with van der Waals surface area (Å²) in [6.45, 7) is 0. The van der Waals surface area contributed by atoms with Crippen molar-refractivity contribution in [2.24, 2.45) is 11.8 Å². The fraction of sp³-hybridized carbons (Fsp3) is 0.625. The highest BCUT2D eigenvalue weighted by molar-refractivity contribution is 6.61. The first-order valence-corrected chi connectivity index (χ1v) is 4.48. The first-order valence-electron chi connectivity index (χ1n) is 3.73.